The van der Waals surface area contributed by atoms with E-state index in [1.807, 2.05) is 30.6 Å². The van der Waals surface area contributed by atoms with Gasteiger partial charge in [0.05, 0.1) is 0 Å². The van der Waals surface area contributed by atoms with E-state index in [1.165, 1.54) is 21.9 Å². The Morgan fingerprint density at radius 3 is 2.88 bits per heavy atom. The third kappa shape index (κ3) is 1.47. The van der Waals surface area contributed by atoms with Crippen molar-refractivity contribution in [2.75, 3.05) is 0 Å². The highest BCUT2D eigenvalue weighted by atomic mass is 14.6. The maximum atomic E-state index is 4.14. The van der Waals surface area contributed by atoms with E-state index in [2.05, 4.69) is 41.4 Å². The third-order valence-corrected chi connectivity index (χ3v) is 2.70. The fourth-order valence-corrected chi connectivity index (χ4v) is 1.94. The zero-order chi connectivity index (χ0) is 10.8. The number of aromatic nitrogens is 1. The second-order valence-electron chi connectivity index (χ2n) is 3.69. The normalized spacial score (nSPS) is 10.5. The van der Waals surface area contributed by atoms with Gasteiger partial charge in [-0.25, -0.2) is 0 Å². The van der Waals surface area contributed by atoms with Crippen LogP contribution in [0, 0.1) is 6.07 Å². The van der Waals surface area contributed by atoms with Crippen molar-refractivity contribution < 1.29 is 0 Å². The Balaban J connectivity index is 2.32. The van der Waals surface area contributed by atoms with Crippen molar-refractivity contribution >= 4 is 10.8 Å². The molecule has 2 aromatic carbocycles. The lowest BCUT2D eigenvalue weighted by Crippen LogP contribution is -1.81. The summed E-state index contributed by atoms with van der Waals surface area (Å²) in [6.07, 6.45) is 3.73. The molecule has 0 atom stereocenters. The highest BCUT2D eigenvalue weighted by Gasteiger charge is 2.01. The van der Waals surface area contributed by atoms with Crippen molar-refractivity contribution in [3.63, 3.8) is 0 Å². The Hall–Kier alpha value is -2.15. The average Bonchev–Trinajstić information content (AvgIpc) is 2.39. The third-order valence-electron chi connectivity index (χ3n) is 2.70. The Morgan fingerprint density at radius 1 is 1.00 bits per heavy atom. The molecule has 0 unspecified atom stereocenters. The van der Waals surface area contributed by atoms with Gasteiger partial charge >= 0.3 is 0 Å². The number of hydrogen-bond donors (Lipinski definition) is 0. The van der Waals surface area contributed by atoms with Crippen molar-refractivity contribution in [2.45, 2.75) is 0 Å². The number of rotatable bonds is 1. The number of benzene rings is 2. The minimum Gasteiger partial charge on any atom is -0.264 e. The first-order valence-corrected chi connectivity index (χ1v) is 5.24. The van der Waals surface area contributed by atoms with E-state index in [0.29, 0.717) is 0 Å². The van der Waals surface area contributed by atoms with Crippen molar-refractivity contribution in [3.05, 3.63) is 67.0 Å². The second kappa shape index (κ2) is 3.78. The summed E-state index contributed by atoms with van der Waals surface area (Å²) in [7, 11) is 0. The predicted molar refractivity (Wildman–Crippen MR) is 66.0 cm³/mol. The van der Waals surface area contributed by atoms with Crippen LogP contribution in [0.15, 0.2) is 60.9 Å². The van der Waals surface area contributed by atoms with Crippen LogP contribution < -0.4 is 0 Å². The smallest absolute Gasteiger partial charge is 0.0346 e. The van der Waals surface area contributed by atoms with Gasteiger partial charge in [0, 0.05) is 17.8 Å². The molecule has 1 nitrogen and oxygen atoms in total. The topological polar surface area (TPSA) is 12.9 Å². The molecule has 75 valence electrons. The molecular formula is C15H10N. The van der Waals surface area contributed by atoms with Gasteiger partial charge in [-0.15, -0.1) is 0 Å². The van der Waals surface area contributed by atoms with Crippen molar-refractivity contribution in [1.29, 1.82) is 0 Å². The molecule has 3 rings (SSSR count). The molecule has 0 N–H and O–H groups in total. The molecule has 1 radical (unpaired) electrons. The van der Waals surface area contributed by atoms with Gasteiger partial charge in [0.1, 0.15) is 0 Å². The standard InChI is InChI=1S/C15H10N/c1-2-5-12(6-3-1)14-8-4-7-13-11-16-10-9-15(13)14/h1-2,4-11H. The van der Waals surface area contributed by atoms with E-state index in [0.717, 1.165) is 0 Å². The van der Waals surface area contributed by atoms with Crippen LogP contribution in [0.5, 0.6) is 0 Å². The van der Waals surface area contributed by atoms with Crippen LogP contribution in [0.1, 0.15) is 0 Å². The minimum absolute atomic E-state index is 1.17. The van der Waals surface area contributed by atoms with Gasteiger partial charge in [0.2, 0.25) is 0 Å². The molecule has 1 heterocycles. The van der Waals surface area contributed by atoms with E-state index in [4.69, 9.17) is 0 Å². The van der Waals surface area contributed by atoms with Gasteiger partial charge in [-0.2, -0.15) is 0 Å². The maximum absolute atomic E-state index is 4.14. The highest BCUT2D eigenvalue weighted by Crippen LogP contribution is 2.27. The lowest BCUT2D eigenvalue weighted by molar-refractivity contribution is 1.36. The van der Waals surface area contributed by atoms with Crippen LogP contribution >= 0.6 is 0 Å². The minimum atomic E-state index is 1.17. The fourth-order valence-electron chi connectivity index (χ4n) is 1.94. The second-order valence-corrected chi connectivity index (χ2v) is 3.69. The molecule has 0 saturated heterocycles. The molecule has 0 amide bonds. The van der Waals surface area contributed by atoms with Crippen molar-refractivity contribution in [2.24, 2.45) is 0 Å². The van der Waals surface area contributed by atoms with E-state index < -0.39 is 0 Å². The van der Waals surface area contributed by atoms with Gasteiger partial charge in [0.25, 0.3) is 0 Å². The Kier molecular flexibility index (Phi) is 2.15. The van der Waals surface area contributed by atoms with Crippen molar-refractivity contribution in [3.8, 4) is 11.1 Å². The number of pyridine rings is 1. The van der Waals surface area contributed by atoms with Crippen LogP contribution in [-0.4, -0.2) is 4.98 Å². The molecule has 0 aliphatic carbocycles. The van der Waals surface area contributed by atoms with Gasteiger partial charge in [-0.3, -0.25) is 4.98 Å². The molecule has 0 spiro atoms. The number of nitrogens with zero attached hydrogens (tertiary/aromatic N) is 1. The van der Waals surface area contributed by atoms with Gasteiger partial charge in [-0.05, 0) is 34.7 Å². The Bertz CT molecular complexity index is 609. The summed E-state index contributed by atoms with van der Waals surface area (Å²) < 4.78 is 0. The maximum Gasteiger partial charge on any atom is 0.0346 e. The van der Waals surface area contributed by atoms with E-state index in [9.17, 15) is 0 Å². The molecule has 0 aliphatic heterocycles. The van der Waals surface area contributed by atoms with Crippen LogP contribution in [-0.2, 0) is 0 Å². The summed E-state index contributed by atoms with van der Waals surface area (Å²) >= 11 is 0. The Morgan fingerprint density at radius 2 is 2.00 bits per heavy atom. The monoisotopic (exact) mass is 204 g/mol. The number of hydrogen-bond acceptors (Lipinski definition) is 1. The first-order valence-electron chi connectivity index (χ1n) is 5.24. The van der Waals surface area contributed by atoms with Crippen molar-refractivity contribution in [1.82, 2.24) is 4.98 Å². The molecular weight excluding hydrogens is 194 g/mol. The van der Waals surface area contributed by atoms with Crippen LogP contribution in [0.3, 0.4) is 0 Å². The van der Waals surface area contributed by atoms with Gasteiger partial charge < -0.3 is 0 Å². The van der Waals surface area contributed by atoms with E-state index in [-0.39, 0.29) is 0 Å². The van der Waals surface area contributed by atoms with E-state index >= 15 is 0 Å². The molecule has 0 bridgehead atoms. The summed E-state index contributed by atoms with van der Waals surface area (Å²) in [6, 6.07) is 19.5. The summed E-state index contributed by atoms with van der Waals surface area (Å²) in [5.74, 6) is 0. The average molecular weight is 204 g/mol. The quantitative estimate of drug-likeness (QED) is 0.589. The molecule has 0 saturated carbocycles. The first kappa shape index (κ1) is 9.10. The van der Waals surface area contributed by atoms with E-state index in [1.54, 1.807) is 0 Å². The lowest BCUT2D eigenvalue weighted by atomic mass is 10.00. The summed E-state index contributed by atoms with van der Waals surface area (Å²) in [5, 5.41) is 2.40. The highest BCUT2D eigenvalue weighted by molar-refractivity contribution is 5.95. The van der Waals surface area contributed by atoms with Crippen LogP contribution in [0.4, 0.5) is 0 Å². The fraction of sp³-hybridized carbons (Fsp3) is 0. The summed E-state index contributed by atoms with van der Waals surface area (Å²) in [4.78, 5) is 4.14. The number of fused-ring (bicyclic) bond motifs is 1. The molecule has 0 fully saturated rings. The zero-order valence-corrected chi connectivity index (χ0v) is 8.72. The van der Waals surface area contributed by atoms with Crippen LogP contribution in [0.25, 0.3) is 21.9 Å². The van der Waals surface area contributed by atoms with Gasteiger partial charge in [-0.1, -0.05) is 36.4 Å². The SMILES string of the molecule is [c]1cccc(-c2cccc3cnccc23)c1. The molecule has 16 heavy (non-hydrogen) atoms. The molecule has 3 aromatic rings. The lowest BCUT2D eigenvalue weighted by Gasteiger charge is -2.05. The molecule has 1 aromatic heterocycles. The van der Waals surface area contributed by atoms with Gasteiger partial charge in [0.15, 0.2) is 0 Å². The Labute approximate surface area is 94.4 Å². The predicted octanol–water partition coefficient (Wildman–Crippen LogP) is 3.70. The molecule has 1 heteroatoms. The van der Waals surface area contributed by atoms with Crippen LogP contribution in [0.2, 0.25) is 0 Å². The zero-order valence-electron chi connectivity index (χ0n) is 8.72. The summed E-state index contributed by atoms with van der Waals surface area (Å²) in [5.41, 5.74) is 2.43. The summed E-state index contributed by atoms with van der Waals surface area (Å²) in [6.45, 7) is 0. The first-order chi connectivity index (χ1) is 7.95. The molecule has 0 aliphatic rings. The largest absolute Gasteiger partial charge is 0.264 e.